The van der Waals surface area contributed by atoms with Crippen molar-refractivity contribution in [2.75, 3.05) is 26.4 Å². The Kier molecular flexibility index (Phi) is 7.91. The fraction of sp³-hybridized carbons (Fsp3) is 0.750. The second-order valence-corrected chi connectivity index (χ2v) is 12.1. The first-order chi connectivity index (χ1) is 16.4. The van der Waals surface area contributed by atoms with Crippen molar-refractivity contribution >= 4 is 45.2 Å². The first-order valence-corrected chi connectivity index (χ1v) is 14.5. The van der Waals surface area contributed by atoms with Crippen LogP contribution in [0.5, 0.6) is 0 Å². The van der Waals surface area contributed by atoms with E-state index in [9.17, 15) is 0 Å². The molecule has 10 heteroatoms. The highest BCUT2D eigenvalue weighted by Crippen LogP contribution is 2.41. The molecular weight excluding hydrogens is 662 g/mol. The van der Waals surface area contributed by atoms with E-state index in [4.69, 9.17) is 18.9 Å². The van der Waals surface area contributed by atoms with Crippen molar-refractivity contribution in [1.29, 1.82) is 0 Å². The van der Waals surface area contributed by atoms with Crippen LogP contribution in [-0.4, -0.2) is 57.6 Å². The van der Waals surface area contributed by atoms with Crippen LogP contribution in [0.3, 0.4) is 0 Å². The van der Waals surface area contributed by atoms with Crippen molar-refractivity contribution in [3.8, 4) is 0 Å². The second kappa shape index (κ2) is 10.6. The van der Waals surface area contributed by atoms with E-state index in [0.29, 0.717) is 12.1 Å². The first-order valence-electron chi connectivity index (χ1n) is 12.4. The lowest BCUT2D eigenvalue weighted by Crippen LogP contribution is -2.36. The van der Waals surface area contributed by atoms with Crippen LogP contribution >= 0.6 is 45.2 Å². The summed E-state index contributed by atoms with van der Waals surface area (Å²) < 4.78 is 29.8. The molecule has 0 atom stereocenters. The monoisotopic (exact) mass is 696 g/mol. The van der Waals surface area contributed by atoms with E-state index in [-0.39, 0.29) is 11.6 Å². The molecule has 2 saturated carbocycles. The van der Waals surface area contributed by atoms with Crippen molar-refractivity contribution in [3.05, 3.63) is 30.9 Å². The van der Waals surface area contributed by atoms with Crippen LogP contribution < -0.4 is 0 Å². The smallest absolute Gasteiger partial charge is 0.168 e. The Bertz CT molecular complexity index is 942. The van der Waals surface area contributed by atoms with E-state index in [1.165, 1.54) is 12.8 Å². The maximum atomic E-state index is 5.75. The van der Waals surface area contributed by atoms with Gasteiger partial charge < -0.3 is 18.9 Å². The second-order valence-electron chi connectivity index (χ2n) is 9.74. The molecule has 0 unspecified atom stereocenters. The summed E-state index contributed by atoms with van der Waals surface area (Å²) in [5, 5.41) is 9.06. The minimum Gasteiger partial charge on any atom is -0.348 e. The highest BCUT2D eigenvalue weighted by Gasteiger charge is 2.42. The third-order valence-corrected chi connectivity index (χ3v) is 9.74. The van der Waals surface area contributed by atoms with Crippen LogP contribution in [0.15, 0.2) is 12.4 Å². The van der Waals surface area contributed by atoms with Gasteiger partial charge in [-0.05, 0) is 84.7 Å². The normalized spacial score (nSPS) is 26.2. The average molecular weight is 696 g/mol. The quantitative estimate of drug-likeness (QED) is 0.397. The van der Waals surface area contributed by atoms with Crippen LogP contribution in [0.25, 0.3) is 0 Å². The van der Waals surface area contributed by atoms with E-state index < -0.39 is 0 Å². The van der Waals surface area contributed by atoms with E-state index in [1.54, 1.807) is 0 Å². The van der Waals surface area contributed by atoms with E-state index in [2.05, 4.69) is 84.8 Å². The zero-order valence-corrected chi connectivity index (χ0v) is 24.3. The largest absolute Gasteiger partial charge is 0.348 e. The molecule has 8 nitrogen and oxygen atoms in total. The zero-order chi connectivity index (χ0) is 23.8. The lowest BCUT2D eigenvalue weighted by Gasteiger charge is -2.35. The van der Waals surface area contributed by atoms with Crippen LogP contribution in [0.4, 0.5) is 0 Å². The van der Waals surface area contributed by atoms with Gasteiger partial charge in [0.25, 0.3) is 0 Å². The van der Waals surface area contributed by atoms with Crippen LogP contribution in [0.2, 0.25) is 0 Å². The molecule has 188 valence electrons. The van der Waals surface area contributed by atoms with Gasteiger partial charge in [-0.2, -0.15) is 10.2 Å². The SMILES string of the molecule is Cc1c(I)cnn1C1CCC2(CC1)OCCO2.Cc1nn(C2CCC3(CC2)OCCO3)cc1I. The number of nitrogens with zero attached hydrogens (tertiary/aromatic N) is 4. The molecule has 2 aromatic rings. The topological polar surface area (TPSA) is 72.6 Å². The Morgan fingerprint density at radius 1 is 0.794 bits per heavy atom. The van der Waals surface area contributed by atoms with Gasteiger partial charge in [0.2, 0.25) is 0 Å². The van der Waals surface area contributed by atoms with Crippen molar-refractivity contribution < 1.29 is 18.9 Å². The Morgan fingerprint density at radius 3 is 1.71 bits per heavy atom. The third-order valence-electron chi connectivity index (χ3n) is 7.62. The maximum absolute atomic E-state index is 5.75. The number of hydrogen-bond donors (Lipinski definition) is 0. The lowest BCUT2D eigenvalue weighted by atomic mass is 9.90. The third kappa shape index (κ3) is 5.36. The summed E-state index contributed by atoms with van der Waals surface area (Å²) in [7, 11) is 0. The molecule has 0 radical (unpaired) electrons. The minimum atomic E-state index is -0.259. The molecule has 0 bridgehead atoms. The van der Waals surface area contributed by atoms with Crippen molar-refractivity contribution in [3.63, 3.8) is 0 Å². The summed E-state index contributed by atoms with van der Waals surface area (Å²) in [4.78, 5) is 0. The molecule has 0 N–H and O–H groups in total. The Labute approximate surface area is 228 Å². The Balaban J connectivity index is 0.000000142. The van der Waals surface area contributed by atoms with Gasteiger partial charge in [0.15, 0.2) is 11.6 Å². The molecule has 4 heterocycles. The summed E-state index contributed by atoms with van der Waals surface area (Å²) in [5.74, 6) is -0.517. The van der Waals surface area contributed by atoms with Crippen molar-refractivity contribution in [2.24, 2.45) is 0 Å². The molecule has 4 aliphatic rings. The fourth-order valence-electron chi connectivity index (χ4n) is 5.58. The number of aryl methyl sites for hydroxylation is 1. The van der Waals surface area contributed by atoms with E-state index in [1.807, 2.05) is 6.20 Å². The Hall–Kier alpha value is -0.280. The molecule has 2 aliphatic heterocycles. The molecule has 6 rings (SSSR count). The van der Waals surface area contributed by atoms with Crippen LogP contribution in [-0.2, 0) is 18.9 Å². The van der Waals surface area contributed by atoms with E-state index in [0.717, 1.165) is 83.5 Å². The minimum absolute atomic E-state index is 0.258. The standard InChI is InChI=1S/2C12H17IN2O2/c1-9-11(13)8-15(14-9)10-2-4-12(5-3-10)16-6-7-17-12;1-9-11(13)8-14-15(9)10-2-4-12(5-3-10)16-6-7-17-12/h2*8,10H,2-7H2,1H3. The highest BCUT2D eigenvalue weighted by molar-refractivity contribution is 14.1. The molecule has 34 heavy (non-hydrogen) atoms. The van der Waals surface area contributed by atoms with Crippen molar-refractivity contribution in [2.45, 2.75) is 88.9 Å². The van der Waals surface area contributed by atoms with Crippen LogP contribution in [0.1, 0.15) is 74.8 Å². The molecule has 2 saturated heterocycles. The fourth-order valence-corrected chi connectivity index (χ4v) is 6.35. The van der Waals surface area contributed by atoms with E-state index >= 15 is 0 Å². The van der Waals surface area contributed by atoms with Gasteiger partial charge in [-0.15, -0.1) is 0 Å². The predicted molar refractivity (Wildman–Crippen MR) is 144 cm³/mol. The zero-order valence-electron chi connectivity index (χ0n) is 20.0. The summed E-state index contributed by atoms with van der Waals surface area (Å²) in [6.07, 6.45) is 12.4. The molecule has 2 aromatic heterocycles. The van der Waals surface area contributed by atoms with Gasteiger partial charge in [0, 0.05) is 37.6 Å². The number of hydrogen-bond acceptors (Lipinski definition) is 6. The molecule has 2 aliphatic carbocycles. The number of ether oxygens (including phenoxy) is 4. The Morgan fingerprint density at radius 2 is 1.29 bits per heavy atom. The summed E-state index contributed by atoms with van der Waals surface area (Å²) >= 11 is 4.68. The molecule has 2 spiro atoms. The summed E-state index contributed by atoms with van der Waals surface area (Å²) in [6.45, 7) is 7.22. The highest BCUT2D eigenvalue weighted by atomic mass is 127. The maximum Gasteiger partial charge on any atom is 0.168 e. The summed E-state index contributed by atoms with van der Waals surface area (Å²) in [5.41, 5.74) is 2.40. The van der Waals surface area contributed by atoms with Gasteiger partial charge >= 0.3 is 0 Å². The average Bonchev–Trinajstić information content (AvgIpc) is 3.63. The van der Waals surface area contributed by atoms with Crippen molar-refractivity contribution in [1.82, 2.24) is 19.6 Å². The predicted octanol–water partition coefficient (Wildman–Crippen LogP) is 5.31. The van der Waals surface area contributed by atoms with Crippen LogP contribution in [0, 0.1) is 21.0 Å². The first kappa shape index (κ1) is 25.4. The number of halogens is 2. The number of rotatable bonds is 2. The molecule has 4 fully saturated rings. The summed E-state index contributed by atoms with van der Waals surface area (Å²) in [6, 6.07) is 1.02. The van der Waals surface area contributed by atoms with Gasteiger partial charge in [-0.3, -0.25) is 9.36 Å². The van der Waals surface area contributed by atoms with Gasteiger partial charge in [0.05, 0.1) is 57.5 Å². The molecule has 0 aromatic carbocycles. The number of aromatic nitrogens is 4. The van der Waals surface area contributed by atoms with Gasteiger partial charge in [0.1, 0.15) is 0 Å². The van der Waals surface area contributed by atoms with Gasteiger partial charge in [-0.1, -0.05) is 0 Å². The van der Waals surface area contributed by atoms with Gasteiger partial charge in [-0.25, -0.2) is 0 Å². The lowest BCUT2D eigenvalue weighted by molar-refractivity contribution is -0.182. The molecule has 0 amide bonds. The molecular formula is C24H34I2N4O4.